The maximum atomic E-state index is 12.5. The lowest BCUT2D eigenvalue weighted by Crippen LogP contribution is -2.26. The fourth-order valence-electron chi connectivity index (χ4n) is 2.89. The number of hydrogen-bond donors (Lipinski definition) is 1. The van der Waals surface area contributed by atoms with E-state index in [1.54, 1.807) is 0 Å². The highest BCUT2D eigenvalue weighted by Crippen LogP contribution is 2.31. The van der Waals surface area contributed by atoms with Gasteiger partial charge < -0.3 is 15.1 Å². The first-order chi connectivity index (χ1) is 9.66. The highest BCUT2D eigenvalue weighted by atomic mass is 16.2. The predicted octanol–water partition coefficient (Wildman–Crippen LogP) is 1.51. The molecule has 106 valence electrons. The van der Waals surface area contributed by atoms with Crippen LogP contribution >= 0.6 is 0 Å². The Morgan fingerprint density at radius 1 is 1.35 bits per heavy atom. The normalized spacial score (nSPS) is 20.2. The molecule has 2 heterocycles. The second-order valence-electron chi connectivity index (χ2n) is 5.72. The zero-order valence-electron chi connectivity index (χ0n) is 12.1. The molecule has 0 aliphatic carbocycles. The number of nitrogens with one attached hydrogen (secondary N) is 1. The first-order valence-electron chi connectivity index (χ1n) is 7.14. The van der Waals surface area contributed by atoms with E-state index in [-0.39, 0.29) is 5.91 Å². The minimum atomic E-state index is 0.173. The van der Waals surface area contributed by atoms with Crippen molar-refractivity contribution in [3.63, 3.8) is 0 Å². The van der Waals surface area contributed by atoms with Crippen LogP contribution < -0.4 is 10.2 Å². The number of nitrogens with zero attached hydrogens (tertiary/aromatic N) is 2. The van der Waals surface area contributed by atoms with E-state index in [9.17, 15) is 4.79 Å². The van der Waals surface area contributed by atoms with Crippen LogP contribution in [0.5, 0.6) is 0 Å². The third kappa shape index (κ3) is 2.37. The second kappa shape index (κ2) is 5.38. The number of carbonyl (C=O) groups excluding carboxylic acids is 1. The van der Waals surface area contributed by atoms with Crippen LogP contribution in [0, 0.1) is 0 Å². The lowest BCUT2D eigenvalue weighted by Gasteiger charge is -2.19. The summed E-state index contributed by atoms with van der Waals surface area (Å²) in [5.41, 5.74) is 4.64. The third-order valence-corrected chi connectivity index (χ3v) is 3.98. The number of benzene rings is 1. The molecule has 1 N–H and O–H groups in total. The zero-order chi connectivity index (χ0) is 14.1. The van der Waals surface area contributed by atoms with E-state index in [0.717, 1.165) is 43.9 Å². The number of amides is 1. The van der Waals surface area contributed by atoms with Gasteiger partial charge in [-0.25, -0.2) is 0 Å². The maximum Gasteiger partial charge on any atom is 0.254 e. The average molecular weight is 271 g/mol. The van der Waals surface area contributed by atoms with Crippen molar-refractivity contribution in [2.45, 2.75) is 19.5 Å². The van der Waals surface area contributed by atoms with Crippen molar-refractivity contribution < 1.29 is 4.79 Å². The minimum Gasteiger partial charge on any atom is -0.309 e. The number of fused-ring (bicyclic) bond motifs is 1. The molecule has 2 aliphatic heterocycles. The van der Waals surface area contributed by atoms with Gasteiger partial charge in [-0.2, -0.15) is 0 Å². The van der Waals surface area contributed by atoms with Gasteiger partial charge in [-0.1, -0.05) is 18.2 Å². The summed E-state index contributed by atoms with van der Waals surface area (Å²) in [5, 5.41) is 3.36. The fraction of sp³-hybridized carbons (Fsp3) is 0.438. The van der Waals surface area contributed by atoms with Crippen molar-refractivity contribution in [1.82, 2.24) is 10.2 Å². The van der Waals surface area contributed by atoms with E-state index in [1.807, 2.05) is 19.0 Å². The topological polar surface area (TPSA) is 35.6 Å². The van der Waals surface area contributed by atoms with Gasteiger partial charge in [0.1, 0.15) is 0 Å². The summed E-state index contributed by atoms with van der Waals surface area (Å²) in [4.78, 5) is 16.6. The SMILES string of the molecule is CN(C)C/C=C1/CCN(c2cccc3c2CNC3)C1=O. The number of rotatable bonds is 3. The van der Waals surface area contributed by atoms with Gasteiger partial charge in [0.15, 0.2) is 0 Å². The molecule has 3 rings (SSSR count). The quantitative estimate of drug-likeness (QED) is 0.847. The van der Waals surface area contributed by atoms with Crippen LogP contribution in [-0.4, -0.2) is 38.0 Å². The standard InChI is InChI=1S/C16H21N3O/c1-18(2)8-6-12-7-9-19(16(12)20)15-5-3-4-13-10-17-11-14(13)15/h3-6,17H,7-11H2,1-2H3/b12-6-. The molecule has 1 aromatic carbocycles. The van der Waals surface area contributed by atoms with Gasteiger partial charge in [0.2, 0.25) is 0 Å². The smallest absolute Gasteiger partial charge is 0.254 e. The monoisotopic (exact) mass is 271 g/mol. The average Bonchev–Trinajstić information content (AvgIpc) is 3.02. The zero-order valence-corrected chi connectivity index (χ0v) is 12.1. The van der Waals surface area contributed by atoms with Gasteiger partial charge in [0, 0.05) is 37.4 Å². The Kier molecular flexibility index (Phi) is 3.59. The molecule has 0 bridgehead atoms. The molecule has 4 heteroatoms. The Balaban J connectivity index is 1.85. The molecule has 1 amide bonds. The molecular weight excluding hydrogens is 250 g/mol. The Bertz CT molecular complexity index is 563. The van der Waals surface area contributed by atoms with E-state index in [2.05, 4.69) is 34.5 Å². The van der Waals surface area contributed by atoms with Crippen LogP contribution in [0.3, 0.4) is 0 Å². The fourth-order valence-corrected chi connectivity index (χ4v) is 2.89. The summed E-state index contributed by atoms with van der Waals surface area (Å²) >= 11 is 0. The summed E-state index contributed by atoms with van der Waals surface area (Å²) in [7, 11) is 4.04. The number of hydrogen-bond acceptors (Lipinski definition) is 3. The summed E-state index contributed by atoms with van der Waals surface area (Å²) in [6.07, 6.45) is 2.91. The van der Waals surface area contributed by atoms with E-state index in [1.165, 1.54) is 11.1 Å². The third-order valence-electron chi connectivity index (χ3n) is 3.98. The summed E-state index contributed by atoms with van der Waals surface area (Å²) in [6.45, 7) is 3.40. The van der Waals surface area contributed by atoms with E-state index < -0.39 is 0 Å². The van der Waals surface area contributed by atoms with E-state index in [0.29, 0.717) is 0 Å². The van der Waals surface area contributed by atoms with Crippen molar-refractivity contribution in [1.29, 1.82) is 0 Å². The predicted molar refractivity (Wildman–Crippen MR) is 80.6 cm³/mol. The number of carbonyl (C=O) groups is 1. The molecule has 0 spiro atoms. The van der Waals surface area contributed by atoms with Crippen molar-refractivity contribution in [3.8, 4) is 0 Å². The van der Waals surface area contributed by atoms with Crippen LogP contribution in [0.4, 0.5) is 5.69 Å². The highest BCUT2D eigenvalue weighted by molar-refractivity contribution is 6.08. The van der Waals surface area contributed by atoms with Crippen molar-refractivity contribution in [3.05, 3.63) is 41.0 Å². The molecule has 1 aromatic rings. The molecule has 2 aliphatic rings. The molecule has 20 heavy (non-hydrogen) atoms. The Morgan fingerprint density at radius 2 is 2.20 bits per heavy atom. The Labute approximate surface area is 120 Å². The molecule has 0 atom stereocenters. The number of anilines is 1. The minimum absolute atomic E-state index is 0.173. The van der Waals surface area contributed by atoms with Crippen molar-refractivity contribution >= 4 is 11.6 Å². The van der Waals surface area contributed by atoms with E-state index >= 15 is 0 Å². The highest BCUT2D eigenvalue weighted by Gasteiger charge is 2.29. The van der Waals surface area contributed by atoms with Gasteiger partial charge in [-0.15, -0.1) is 0 Å². The van der Waals surface area contributed by atoms with Gasteiger partial charge in [-0.3, -0.25) is 4.79 Å². The largest absolute Gasteiger partial charge is 0.309 e. The van der Waals surface area contributed by atoms with Crippen LogP contribution in [0.25, 0.3) is 0 Å². The lowest BCUT2D eigenvalue weighted by molar-refractivity contribution is -0.114. The Hall–Kier alpha value is -1.65. The summed E-state index contributed by atoms with van der Waals surface area (Å²) < 4.78 is 0. The second-order valence-corrected chi connectivity index (χ2v) is 5.72. The van der Waals surface area contributed by atoms with Crippen LogP contribution in [0.15, 0.2) is 29.8 Å². The molecule has 0 saturated carbocycles. The van der Waals surface area contributed by atoms with Crippen LogP contribution in [-0.2, 0) is 17.9 Å². The molecule has 0 unspecified atom stereocenters. The van der Waals surface area contributed by atoms with Gasteiger partial charge in [0.25, 0.3) is 5.91 Å². The van der Waals surface area contributed by atoms with Crippen molar-refractivity contribution in [2.24, 2.45) is 0 Å². The van der Waals surface area contributed by atoms with Gasteiger partial charge in [0.05, 0.1) is 0 Å². The molecule has 4 nitrogen and oxygen atoms in total. The molecule has 1 saturated heterocycles. The first kappa shape index (κ1) is 13.3. The van der Waals surface area contributed by atoms with Crippen molar-refractivity contribution in [2.75, 3.05) is 32.1 Å². The Morgan fingerprint density at radius 3 is 3.00 bits per heavy atom. The summed E-state index contributed by atoms with van der Waals surface area (Å²) in [6, 6.07) is 6.26. The molecule has 1 fully saturated rings. The van der Waals surface area contributed by atoms with E-state index in [4.69, 9.17) is 0 Å². The van der Waals surface area contributed by atoms with Crippen LogP contribution in [0.2, 0.25) is 0 Å². The molecule has 0 radical (unpaired) electrons. The molecular formula is C16H21N3O. The van der Waals surface area contributed by atoms with Gasteiger partial charge in [-0.05, 0) is 37.7 Å². The maximum absolute atomic E-state index is 12.5. The van der Waals surface area contributed by atoms with Crippen LogP contribution in [0.1, 0.15) is 17.5 Å². The molecule has 0 aromatic heterocycles. The first-order valence-corrected chi connectivity index (χ1v) is 7.14. The number of likely N-dealkylation sites (N-methyl/N-ethyl adjacent to an activating group) is 1. The van der Waals surface area contributed by atoms with Gasteiger partial charge >= 0.3 is 0 Å². The lowest BCUT2D eigenvalue weighted by atomic mass is 10.1. The summed E-state index contributed by atoms with van der Waals surface area (Å²) in [5.74, 6) is 0.173.